The van der Waals surface area contributed by atoms with E-state index in [2.05, 4.69) is 56.7 Å². The molecule has 8 heterocycles. The number of hydrogen-bond donors (Lipinski definition) is 11. The first-order valence-electron chi connectivity index (χ1n) is 35.7. The Labute approximate surface area is 555 Å². The van der Waals surface area contributed by atoms with Gasteiger partial charge in [0.2, 0.25) is 5.78 Å². The van der Waals surface area contributed by atoms with Crippen LogP contribution >= 0.6 is 0 Å². The predicted octanol–water partition coefficient (Wildman–Crippen LogP) is 8.64. The number of aromatic hydroxyl groups is 1. The Hall–Kier alpha value is -7.31. The largest absolute Gasteiger partial charge is 0.507 e. The molecule has 0 amide bonds. The highest BCUT2D eigenvalue weighted by Gasteiger charge is 2.77. The summed E-state index contributed by atoms with van der Waals surface area (Å²) in [5.41, 5.74) is 10.7. The van der Waals surface area contributed by atoms with Crippen molar-refractivity contribution in [2.45, 2.75) is 200 Å². The number of aliphatic hydroxyl groups excluding tert-OH is 5. The smallest absolute Gasteiger partial charge is 0.261 e. The Bertz CT molecular complexity index is 4640. The van der Waals surface area contributed by atoms with E-state index in [0.717, 1.165) is 105 Å². The number of pyridine rings is 1. The van der Waals surface area contributed by atoms with Crippen molar-refractivity contribution in [1.82, 2.24) is 25.3 Å². The number of hydrogen-bond acceptors (Lipinski definition) is 16. The molecule has 0 unspecified atom stereocenters. The second-order valence-corrected chi connectivity index (χ2v) is 32.2. The number of nitrogens with two attached hydrogens (primary N) is 1. The van der Waals surface area contributed by atoms with Gasteiger partial charge in [0, 0.05) is 100 Å². The molecule has 494 valence electrons. The number of aryl methyl sites for hydroxylation is 1. The molecule has 18 heteroatoms. The first-order chi connectivity index (χ1) is 46.4. The molecule has 3 aromatic carbocycles. The van der Waals surface area contributed by atoms with E-state index in [-0.39, 0.29) is 75.6 Å². The number of H-pyrrole nitrogens is 2. The van der Waals surface area contributed by atoms with Crippen LogP contribution in [-0.4, -0.2) is 123 Å². The maximum Gasteiger partial charge on any atom is 0.261 e. The van der Waals surface area contributed by atoms with Crippen molar-refractivity contribution in [3.05, 3.63) is 151 Å². The van der Waals surface area contributed by atoms with E-state index in [1.165, 1.54) is 17.2 Å². The molecule has 6 aromatic rings. The number of aromatic nitrogens is 4. The van der Waals surface area contributed by atoms with Gasteiger partial charge in [-0.05, 0) is 195 Å². The van der Waals surface area contributed by atoms with Crippen molar-refractivity contribution in [1.29, 1.82) is 0 Å². The molecule has 5 saturated carbocycles. The molecule has 3 aromatic heterocycles. The van der Waals surface area contributed by atoms with Crippen LogP contribution in [0.2, 0.25) is 0 Å². The average molecular weight is 1290 g/mol. The molecule has 96 heavy (non-hydrogen) atoms. The van der Waals surface area contributed by atoms with Gasteiger partial charge in [-0.3, -0.25) is 19.7 Å². The number of carbonyl (C=O) groups excluding carboxylic acids is 3. The van der Waals surface area contributed by atoms with Crippen molar-refractivity contribution >= 4 is 39.5 Å². The van der Waals surface area contributed by atoms with E-state index < -0.39 is 86.8 Å². The molecule has 10 aliphatic carbocycles. The van der Waals surface area contributed by atoms with Crippen molar-refractivity contribution in [3.8, 4) is 23.3 Å². The molecule has 6 fully saturated rings. The summed E-state index contributed by atoms with van der Waals surface area (Å²) < 4.78 is 15.2. The summed E-state index contributed by atoms with van der Waals surface area (Å²) in [4.78, 5) is 63.6. The number of anilines is 1. The van der Waals surface area contributed by atoms with Crippen LogP contribution < -0.4 is 21.1 Å². The lowest BCUT2D eigenvalue weighted by atomic mass is 9.45. The zero-order chi connectivity index (χ0) is 65.1. The van der Waals surface area contributed by atoms with Crippen LogP contribution in [0.5, 0.6) is 11.5 Å². The minimum absolute atomic E-state index is 0.000235. The van der Waals surface area contributed by atoms with E-state index in [4.69, 9.17) is 25.2 Å². The normalized spacial score (nSPS) is 39.0. The third kappa shape index (κ3) is 7.23. The summed E-state index contributed by atoms with van der Waals surface area (Å²) in [6, 6.07) is 15.3. The van der Waals surface area contributed by atoms with Crippen LogP contribution in [0.4, 0.5) is 5.82 Å². The standard InChI is InChI=1S/C78H81N7O11/c1-37-24-48-56(52(87)25-37)63(90)58-53-29-47-46(57(58)62(48)89)15-23-81-70(47)82-34-55(88)75-19-12-39-6-4-7-41-8-5-9-42-31-74(18-13-44(86)28-43(74)27-38-10-11-45-40(26-38)14-22-80-69(45)79)65-66(84-36-83-65)77(41,42)54-30-49(59(39)75)61(85-54)50-32-76(95-53)67(92)64(91)68(93)78(96-76)60(50)51(75)33-73(71(78)94)21-20-72(35-73)16-2-3-17-72/h10-11,15,23-26,29-30,32,36,39,41-43,55,59,64,67-69,71,80,85,87-88,91-94H,2-3,5,7-9,12-14,16-22,27-28,31,33-35,79H2,1H3,(H,81,82)(H,83,84)/t39-,41-,42+,43+,55+,59+,64-,67-,68+,69-,71+,73+,74+,75-,76-,77+,78+/m1/s1. The Kier molecular flexibility index (Phi) is 12.1. The Morgan fingerprint density at radius 1 is 0.833 bits per heavy atom. The first kappa shape index (κ1) is 58.8. The van der Waals surface area contributed by atoms with Gasteiger partial charge in [-0.25, -0.2) is 9.97 Å². The number of carbonyl (C=O) groups is 3. The number of rotatable bonds is 2. The first-order valence-corrected chi connectivity index (χ1v) is 35.7. The van der Waals surface area contributed by atoms with E-state index >= 15 is 9.59 Å². The molecule has 0 radical (unpaired) electrons. The number of ketones is 3. The number of fused-ring (bicyclic) bond motifs is 9. The average Bonchev–Trinajstić information content (AvgIpc) is 1.27. The number of aliphatic hydroxyl groups is 5. The number of ether oxygens (including phenoxy) is 2. The third-order valence-electron chi connectivity index (χ3n) is 28.1. The highest BCUT2D eigenvalue weighted by molar-refractivity contribution is 6.34. The summed E-state index contributed by atoms with van der Waals surface area (Å²) in [6.07, 6.45) is 10.8. The fourth-order valence-electron chi connectivity index (χ4n) is 24.2. The summed E-state index contributed by atoms with van der Waals surface area (Å²) in [6.45, 7) is 2.47. The fraction of sp³-hybridized carbons (Fsp3) is 0.526. The lowest BCUT2D eigenvalue weighted by Crippen LogP contribution is -2.79. The van der Waals surface area contributed by atoms with Gasteiger partial charge in [0.25, 0.3) is 5.79 Å². The van der Waals surface area contributed by atoms with Gasteiger partial charge in [-0.15, -0.1) is 5.92 Å². The molecule has 18 nitrogen and oxygen atoms in total. The van der Waals surface area contributed by atoms with Crippen LogP contribution in [0.3, 0.4) is 0 Å². The molecule has 15 aliphatic rings. The number of aromatic amines is 2. The highest BCUT2D eigenvalue weighted by atomic mass is 16.7. The lowest BCUT2D eigenvalue weighted by molar-refractivity contribution is -0.366. The second-order valence-electron chi connectivity index (χ2n) is 32.2. The zero-order valence-electron chi connectivity index (χ0n) is 54.0. The maximum atomic E-state index is 15.6. The van der Waals surface area contributed by atoms with E-state index in [1.807, 2.05) is 6.33 Å². The van der Waals surface area contributed by atoms with E-state index in [1.54, 1.807) is 37.4 Å². The van der Waals surface area contributed by atoms with E-state index in [0.29, 0.717) is 103 Å². The number of phenols is 1. The summed E-state index contributed by atoms with van der Waals surface area (Å²) in [7, 11) is 0. The summed E-state index contributed by atoms with van der Waals surface area (Å²) in [5, 5.41) is 88.3. The van der Waals surface area contributed by atoms with E-state index in [9.17, 15) is 35.4 Å². The van der Waals surface area contributed by atoms with Gasteiger partial charge in [-0.2, -0.15) is 0 Å². The van der Waals surface area contributed by atoms with Gasteiger partial charge < -0.3 is 61.1 Å². The van der Waals surface area contributed by atoms with Gasteiger partial charge in [0.15, 0.2) is 17.5 Å². The number of nitrogens with one attached hydrogen (secondary N) is 4. The number of Topliss-reactive ketones (excluding diaryl/α,β-unsaturated/α-hetero) is 1. The van der Waals surface area contributed by atoms with Crippen LogP contribution in [0, 0.1) is 58.7 Å². The van der Waals surface area contributed by atoms with Crippen molar-refractivity contribution < 1.29 is 54.5 Å². The van der Waals surface area contributed by atoms with Crippen LogP contribution in [-0.2, 0) is 33.2 Å². The molecule has 10 bridgehead atoms. The molecule has 12 N–H and O–H groups in total. The number of nitrogens with zero attached hydrogens (tertiary/aromatic N) is 2. The van der Waals surface area contributed by atoms with Crippen LogP contribution in [0.15, 0.2) is 78.3 Å². The fourth-order valence-corrected chi connectivity index (χ4v) is 24.2. The maximum absolute atomic E-state index is 15.6. The summed E-state index contributed by atoms with van der Waals surface area (Å²) in [5.74, 6) is 3.14. The van der Waals surface area contributed by atoms with Gasteiger partial charge >= 0.3 is 0 Å². The number of phenolic OH excluding ortho intramolecular Hbond substituents is 1. The molecular formula is C78H81N7O11. The molecular weight excluding hydrogens is 1210 g/mol. The molecule has 7 spiro atoms. The van der Waals surface area contributed by atoms with Gasteiger partial charge in [-0.1, -0.05) is 49.0 Å². The molecule has 21 rings (SSSR count). The zero-order valence-corrected chi connectivity index (χ0v) is 54.0. The number of benzene rings is 3. The second kappa shape index (κ2) is 19.7. The van der Waals surface area contributed by atoms with Gasteiger partial charge in [0.05, 0.1) is 52.6 Å². The van der Waals surface area contributed by atoms with Crippen molar-refractivity contribution in [2.75, 3.05) is 18.4 Å². The molecule has 17 atom stereocenters. The predicted molar refractivity (Wildman–Crippen MR) is 353 cm³/mol. The highest BCUT2D eigenvalue weighted by Crippen LogP contribution is 2.75. The molecule has 5 aliphatic heterocycles. The van der Waals surface area contributed by atoms with Crippen molar-refractivity contribution in [3.63, 3.8) is 0 Å². The Morgan fingerprint density at radius 3 is 2.55 bits per heavy atom. The quantitative estimate of drug-likeness (QED) is 0.0722. The SMILES string of the molecule is Cc1cc(O)c2c(c1)C(=O)c1c(c3cc4c(nccc14)NC[C@H](O)[C@@]14CC[C@H]5C#CC[C@@H]6CCC[C@H]7C[C@]8(CCC(=O)C[C@@H]8Cc8ccc9c(c8)CCN[C@H]9N)c8nc[nH]c8[C@@]67c6cc(c([nH]6)C6=C[C@@]7(O3)O[C@@]3(C6=C1C[C@]1(CCC6(CCCC6)C1)[C@@H]3O)[C@@H](O)[C@H](O)[C@H]7O)[C@H]54)C2=O. The topological polar surface area (TPSA) is 298 Å². The Balaban J connectivity index is 0.853. The van der Waals surface area contributed by atoms with Crippen molar-refractivity contribution in [2.24, 2.45) is 45.7 Å². The van der Waals surface area contributed by atoms with Crippen LogP contribution in [0.1, 0.15) is 210 Å². The minimum Gasteiger partial charge on any atom is -0.507 e. The molecule has 1 saturated heterocycles. The Morgan fingerprint density at radius 2 is 1.69 bits per heavy atom. The number of imidazole rings is 1. The lowest BCUT2D eigenvalue weighted by Gasteiger charge is -2.64. The van der Waals surface area contributed by atoms with Gasteiger partial charge in [0.1, 0.15) is 35.3 Å². The third-order valence-corrected chi connectivity index (χ3v) is 28.1. The summed E-state index contributed by atoms with van der Waals surface area (Å²) >= 11 is 0. The minimum atomic E-state index is -2.54. The van der Waals surface area contributed by atoms with Crippen LogP contribution in [0.25, 0.3) is 16.3 Å². The monoisotopic (exact) mass is 1290 g/mol.